The number of hydrogen-bond donors (Lipinski definition) is 3. The fourth-order valence-corrected chi connectivity index (χ4v) is 6.03. The van der Waals surface area contributed by atoms with Gasteiger partial charge in [0, 0.05) is 51.2 Å². The van der Waals surface area contributed by atoms with E-state index in [1.54, 1.807) is 31.3 Å². The van der Waals surface area contributed by atoms with Gasteiger partial charge >= 0.3 is 0 Å². The third-order valence-electron chi connectivity index (χ3n) is 6.77. The molecule has 230 valence electrons. The van der Waals surface area contributed by atoms with Gasteiger partial charge in [-0.25, -0.2) is 22.2 Å². The Labute approximate surface area is 248 Å². The van der Waals surface area contributed by atoms with Crippen LogP contribution in [-0.2, 0) is 37.8 Å². The third kappa shape index (κ3) is 9.00. The van der Waals surface area contributed by atoms with E-state index in [2.05, 4.69) is 15.6 Å². The van der Waals surface area contributed by atoms with E-state index in [1.807, 2.05) is 6.07 Å². The van der Waals surface area contributed by atoms with Gasteiger partial charge in [-0.2, -0.15) is 4.31 Å². The van der Waals surface area contributed by atoms with Crippen molar-refractivity contribution in [3.63, 3.8) is 0 Å². The minimum absolute atomic E-state index is 0.0119. The molecule has 14 heteroatoms. The van der Waals surface area contributed by atoms with Gasteiger partial charge < -0.3 is 25.0 Å². The van der Waals surface area contributed by atoms with Gasteiger partial charge in [0.25, 0.3) is 10.0 Å². The molecule has 2 aromatic carbocycles. The molecule has 1 fully saturated rings. The molecule has 0 spiro atoms. The van der Waals surface area contributed by atoms with E-state index in [0.717, 1.165) is 40.6 Å². The van der Waals surface area contributed by atoms with Crippen LogP contribution in [0.3, 0.4) is 0 Å². The standard InChI is InChI=1S/C29H33F2N5O6S/c1-35-18-29(32-19-35)43(40,41)36(16-22-8-5-13-42-22)17-26(37)25(14-20-6-3-2-4-7-20)34-28(39)12-11-27(38)33-24-10-9-21(30)15-23(24)31/h2-4,6-7,9-12,15,18-19,22,25-26,37H,5,8,13-14,16-17H2,1H3,(H,33,38)(H,34,39)/b12-11+. The van der Waals surface area contributed by atoms with E-state index in [0.29, 0.717) is 19.1 Å². The van der Waals surface area contributed by atoms with Crippen LogP contribution >= 0.6 is 0 Å². The van der Waals surface area contributed by atoms with Crippen molar-refractivity contribution in [1.29, 1.82) is 0 Å². The average molecular weight is 618 g/mol. The van der Waals surface area contributed by atoms with Crippen LogP contribution in [0.25, 0.3) is 0 Å². The van der Waals surface area contributed by atoms with Crippen LogP contribution in [0.2, 0.25) is 0 Å². The van der Waals surface area contributed by atoms with E-state index in [9.17, 15) is 31.9 Å². The maximum Gasteiger partial charge on any atom is 0.262 e. The highest BCUT2D eigenvalue weighted by molar-refractivity contribution is 7.89. The normalized spacial score (nSPS) is 16.8. The van der Waals surface area contributed by atoms with E-state index in [-0.39, 0.29) is 36.3 Å². The number of aliphatic hydroxyl groups is 1. The first-order valence-corrected chi connectivity index (χ1v) is 15.0. The van der Waals surface area contributed by atoms with Crippen molar-refractivity contribution in [2.45, 2.75) is 42.5 Å². The molecule has 2 heterocycles. The molecule has 3 N–H and O–H groups in total. The fraction of sp³-hybridized carbons (Fsp3) is 0.345. The number of benzene rings is 2. The Balaban J connectivity index is 1.50. The minimum Gasteiger partial charge on any atom is -0.390 e. The Morgan fingerprint density at radius 3 is 2.58 bits per heavy atom. The number of aliphatic hydroxyl groups excluding tert-OH is 1. The maximum absolute atomic E-state index is 13.9. The summed E-state index contributed by atoms with van der Waals surface area (Å²) in [7, 11) is -2.49. The number of aryl methyl sites for hydroxylation is 1. The zero-order chi connectivity index (χ0) is 31.0. The summed E-state index contributed by atoms with van der Waals surface area (Å²) in [5, 5.41) is 16.0. The minimum atomic E-state index is -4.13. The predicted molar refractivity (Wildman–Crippen MR) is 153 cm³/mol. The lowest BCUT2D eigenvalue weighted by Gasteiger charge is -2.30. The van der Waals surface area contributed by atoms with E-state index in [1.165, 1.54) is 17.1 Å². The van der Waals surface area contributed by atoms with Crippen molar-refractivity contribution in [2.24, 2.45) is 7.05 Å². The second kappa shape index (κ2) is 14.5. The Hall–Kier alpha value is -3.98. The summed E-state index contributed by atoms with van der Waals surface area (Å²) in [6.45, 7) is 0.123. The largest absolute Gasteiger partial charge is 0.390 e. The first-order chi connectivity index (χ1) is 20.5. The molecule has 1 aliphatic rings. The number of nitrogens with zero attached hydrogens (tertiary/aromatic N) is 3. The summed E-state index contributed by atoms with van der Waals surface area (Å²) in [5.41, 5.74) is 0.493. The Morgan fingerprint density at radius 2 is 1.93 bits per heavy atom. The molecule has 1 aromatic heterocycles. The number of nitrogens with one attached hydrogen (secondary N) is 2. The summed E-state index contributed by atoms with van der Waals surface area (Å²) in [5.74, 6) is -3.39. The van der Waals surface area contributed by atoms with Crippen LogP contribution in [0.5, 0.6) is 0 Å². The molecule has 3 unspecified atom stereocenters. The van der Waals surface area contributed by atoms with Crippen LogP contribution in [-0.4, -0.2) is 77.1 Å². The molecule has 0 radical (unpaired) electrons. The Morgan fingerprint density at radius 1 is 1.19 bits per heavy atom. The van der Waals surface area contributed by atoms with Gasteiger partial charge in [0.2, 0.25) is 11.8 Å². The van der Waals surface area contributed by atoms with Gasteiger partial charge in [-0.15, -0.1) is 0 Å². The van der Waals surface area contributed by atoms with Crippen LogP contribution < -0.4 is 10.6 Å². The van der Waals surface area contributed by atoms with Crippen LogP contribution in [0.15, 0.2) is 78.2 Å². The van der Waals surface area contributed by atoms with Crippen molar-refractivity contribution in [3.8, 4) is 0 Å². The number of carbonyl (C=O) groups is 2. The molecule has 11 nitrogen and oxygen atoms in total. The molecule has 2 amide bonds. The van der Waals surface area contributed by atoms with E-state index in [4.69, 9.17) is 4.74 Å². The number of imidazole rings is 1. The van der Waals surface area contributed by atoms with Gasteiger partial charge in [0.1, 0.15) is 11.6 Å². The van der Waals surface area contributed by atoms with Crippen LogP contribution in [0, 0.1) is 11.6 Å². The van der Waals surface area contributed by atoms with Crippen molar-refractivity contribution >= 4 is 27.5 Å². The van der Waals surface area contributed by atoms with Gasteiger partial charge in [-0.3, -0.25) is 9.59 Å². The predicted octanol–water partition coefficient (Wildman–Crippen LogP) is 2.15. The highest BCUT2D eigenvalue weighted by atomic mass is 32.2. The highest BCUT2D eigenvalue weighted by Gasteiger charge is 2.34. The van der Waals surface area contributed by atoms with Crippen molar-refractivity contribution in [1.82, 2.24) is 19.2 Å². The van der Waals surface area contributed by atoms with Crippen molar-refractivity contribution in [2.75, 3.05) is 25.0 Å². The Kier molecular flexibility index (Phi) is 10.7. The molecule has 0 bridgehead atoms. The van der Waals surface area contributed by atoms with Crippen molar-refractivity contribution < 1.29 is 36.6 Å². The average Bonchev–Trinajstić information content (AvgIpc) is 3.65. The summed E-state index contributed by atoms with van der Waals surface area (Å²) in [6.07, 6.45) is 4.33. The SMILES string of the molecule is Cn1cnc(S(=O)(=O)N(CC2CCCO2)CC(O)C(Cc2ccccc2)NC(=O)/C=C/C(=O)Nc2ccc(F)cc2F)c1. The quantitative estimate of drug-likeness (QED) is 0.250. The first-order valence-electron chi connectivity index (χ1n) is 13.6. The third-order valence-corrected chi connectivity index (χ3v) is 8.49. The zero-order valence-electron chi connectivity index (χ0n) is 23.4. The fourth-order valence-electron chi connectivity index (χ4n) is 4.58. The maximum atomic E-state index is 13.9. The molecule has 43 heavy (non-hydrogen) atoms. The number of amides is 2. The second-order valence-electron chi connectivity index (χ2n) is 10.2. The monoisotopic (exact) mass is 617 g/mol. The molecular formula is C29H33F2N5O6S. The molecular weight excluding hydrogens is 584 g/mol. The molecule has 4 rings (SSSR count). The zero-order valence-corrected chi connectivity index (χ0v) is 24.2. The van der Waals surface area contributed by atoms with Crippen LogP contribution in [0.4, 0.5) is 14.5 Å². The number of ether oxygens (including phenoxy) is 1. The van der Waals surface area contributed by atoms with Gasteiger partial charge in [0.15, 0.2) is 5.03 Å². The molecule has 1 aliphatic heterocycles. The number of anilines is 1. The number of sulfonamides is 1. The topological polar surface area (TPSA) is 143 Å². The molecule has 3 aromatic rings. The van der Waals surface area contributed by atoms with Crippen molar-refractivity contribution in [3.05, 3.63) is 90.4 Å². The number of hydrogen-bond acceptors (Lipinski definition) is 7. The summed E-state index contributed by atoms with van der Waals surface area (Å²) < 4.78 is 62.3. The van der Waals surface area contributed by atoms with Gasteiger partial charge in [-0.05, 0) is 37.0 Å². The highest BCUT2D eigenvalue weighted by Crippen LogP contribution is 2.21. The lowest BCUT2D eigenvalue weighted by Crippen LogP contribution is -2.51. The smallest absolute Gasteiger partial charge is 0.262 e. The number of halogens is 2. The first kappa shape index (κ1) is 31.9. The van der Waals surface area contributed by atoms with Gasteiger partial charge in [-0.1, -0.05) is 30.3 Å². The number of aromatic nitrogens is 2. The Bertz CT molecular complexity index is 1540. The molecule has 3 atom stereocenters. The molecule has 0 aliphatic carbocycles. The van der Waals surface area contributed by atoms with E-state index < -0.39 is 45.6 Å². The lowest BCUT2D eigenvalue weighted by molar-refractivity contribution is -0.118. The number of carbonyl (C=O) groups excluding carboxylic acids is 2. The van der Waals surface area contributed by atoms with E-state index >= 15 is 0 Å². The summed E-state index contributed by atoms with van der Waals surface area (Å²) >= 11 is 0. The lowest BCUT2D eigenvalue weighted by atomic mass is 10.0. The summed E-state index contributed by atoms with van der Waals surface area (Å²) in [6, 6.07) is 10.6. The van der Waals surface area contributed by atoms with Crippen LogP contribution in [0.1, 0.15) is 18.4 Å². The molecule has 1 saturated heterocycles. The number of rotatable bonds is 13. The summed E-state index contributed by atoms with van der Waals surface area (Å²) in [4.78, 5) is 29.0. The van der Waals surface area contributed by atoms with Gasteiger partial charge in [0.05, 0.1) is 30.3 Å². The molecule has 0 saturated carbocycles. The second-order valence-corrected chi connectivity index (χ2v) is 12.0.